The second kappa shape index (κ2) is 7.45. The highest BCUT2D eigenvalue weighted by atomic mass is 16.2. The van der Waals surface area contributed by atoms with Crippen molar-refractivity contribution >= 4 is 16.8 Å². The molecule has 1 atom stereocenters. The van der Waals surface area contributed by atoms with Crippen LogP contribution in [0.2, 0.25) is 0 Å². The Morgan fingerprint density at radius 2 is 1.69 bits per heavy atom. The number of likely N-dealkylation sites (N-methyl/N-ethyl adjacent to an activating group) is 1. The number of carbonyl (C=O) groups excluding carboxylic acids is 1. The minimum Gasteiger partial charge on any atom is -0.338 e. The van der Waals surface area contributed by atoms with Gasteiger partial charge in [0.25, 0.3) is 5.56 Å². The number of rotatable bonds is 4. The summed E-state index contributed by atoms with van der Waals surface area (Å²) in [6, 6.07) is 6.34. The zero-order valence-electron chi connectivity index (χ0n) is 15.6. The molecule has 2 heterocycles. The van der Waals surface area contributed by atoms with Gasteiger partial charge in [0, 0.05) is 32.7 Å². The first-order valence-electron chi connectivity index (χ1n) is 9.24. The summed E-state index contributed by atoms with van der Waals surface area (Å²) >= 11 is 0. The smallest absolute Gasteiger partial charge is 0.332 e. The van der Waals surface area contributed by atoms with Crippen molar-refractivity contribution in [2.45, 2.75) is 33.4 Å². The zero-order valence-corrected chi connectivity index (χ0v) is 15.6. The van der Waals surface area contributed by atoms with Crippen molar-refractivity contribution < 1.29 is 4.79 Å². The van der Waals surface area contributed by atoms with E-state index in [0.29, 0.717) is 24.0 Å². The van der Waals surface area contributed by atoms with Gasteiger partial charge < -0.3 is 9.80 Å². The van der Waals surface area contributed by atoms with E-state index in [9.17, 15) is 14.4 Å². The van der Waals surface area contributed by atoms with Crippen LogP contribution < -0.4 is 11.2 Å². The lowest BCUT2D eigenvalue weighted by Crippen LogP contribution is -2.51. The predicted octanol–water partition coefficient (Wildman–Crippen LogP) is 0.908. The molecule has 0 aliphatic carbocycles. The molecule has 0 N–H and O–H groups in total. The second-order valence-electron chi connectivity index (χ2n) is 6.65. The Labute approximate surface area is 152 Å². The van der Waals surface area contributed by atoms with Crippen molar-refractivity contribution in [3.8, 4) is 0 Å². The first-order chi connectivity index (χ1) is 12.5. The van der Waals surface area contributed by atoms with Crippen LogP contribution in [0.5, 0.6) is 0 Å². The fraction of sp³-hybridized carbons (Fsp3) is 0.526. The summed E-state index contributed by atoms with van der Waals surface area (Å²) in [7, 11) is 0. The Morgan fingerprint density at radius 3 is 2.31 bits per heavy atom. The highest BCUT2D eigenvalue weighted by Gasteiger charge is 2.28. The molecular weight excluding hydrogens is 332 g/mol. The van der Waals surface area contributed by atoms with Gasteiger partial charge in [0.1, 0.15) is 6.04 Å². The molecule has 0 bridgehead atoms. The highest BCUT2D eigenvalue weighted by Crippen LogP contribution is 2.16. The number of para-hydroxylation sites is 1. The van der Waals surface area contributed by atoms with E-state index in [1.807, 2.05) is 4.90 Å². The maximum atomic E-state index is 13.0. The third kappa shape index (κ3) is 3.07. The third-order valence-electron chi connectivity index (χ3n) is 5.27. The van der Waals surface area contributed by atoms with E-state index in [0.717, 1.165) is 19.6 Å². The summed E-state index contributed by atoms with van der Waals surface area (Å²) in [6.07, 6.45) is 0. The van der Waals surface area contributed by atoms with Crippen LogP contribution in [0.4, 0.5) is 0 Å². The van der Waals surface area contributed by atoms with Crippen molar-refractivity contribution in [2.75, 3.05) is 32.7 Å². The molecule has 7 heteroatoms. The van der Waals surface area contributed by atoms with Gasteiger partial charge in [-0.15, -0.1) is 0 Å². The Bertz CT molecular complexity index is 923. The van der Waals surface area contributed by atoms with Crippen LogP contribution in [0, 0.1) is 0 Å². The minimum absolute atomic E-state index is 0.0747. The molecule has 1 saturated heterocycles. The van der Waals surface area contributed by atoms with Gasteiger partial charge in [0.05, 0.1) is 10.9 Å². The van der Waals surface area contributed by atoms with Crippen LogP contribution in [-0.2, 0) is 11.3 Å². The molecule has 1 amide bonds. The average Bonchev–Trinajstić information content (AvgIpc) is 2.68. The minimum atomic E-state index is -0.654. The topological polar surface area (TPSA) is 67.5 Å². The highest BCUT2D eigenvalue weighted by molar-refractivity contribution is 5.84. The Hall–Kier alpha value is -2.41. The number of fused-ring (bicyclic) bond motifs is 1. The summed E-state index contributed by atoms with van der Waals surface area (Å²) in [5, 5.41) is 0.462. The van der Waals surface area contributed by atoms with E-state index >= 15 is 0 Å². The van der Waals surface area contributed by atoms with E-state index in [4.69, 9.17) is 0 Å². The molecule has 1 aliphatic rings. The molecule has 140 valence electrons. The summed E-state index contributed by atoms with van der Waals surface area (Å²) in [5.74, 6) is -0.0747. The number of hydrogen-bond donors (Lipinski definition) is 0. The Morgan fingerprint density at radius 1 is 1.04 bits per heavy atom. The van der Waals surface area contributed by atoms with E-state index in [1.54, 1.807) is 38.1 Å². The van der Waals surface area contributed by atoms with Gasteiger partial charge in [-0.1, -0.05) is 19.1 Å². The number of amides is 1. The van der Waals surface area contributed by atoms with E-state index in [-0.39, 0.29) is 18.0 Å². The SMILES string of the molecule is CCN1CCN(C(=O)C(C)n2c(=O)n(CC)c(=O)c3ccccc32)CC1. The predicted molar refractivity (Wildman–Crippen MR) is 102 cm³/mol. The van der Waals surface area contributed by atoms with Gasteiger partial charge >= 0.3 is 5.69 Å². The number of aromatic nitrogens is 2. The van der Waals surface area contributed by atoms with Gasteiger partial charge in [-0.25, -0.2) is 4.79 Å². The number of hydrogen-bond acceptors (Lipinski definition) is 4. The van der Waals surface area contributed by atoms with Crippen molar-refractivity contribution in [3.05, 3.63) is 45.1 Å². The van der Waals surface area contributed by atoms with Crippen LogP contribution in [-0.4, -0.2) is 57.6 Å². The van der Waals surface area contributed by atoms with Crippen LogP contribution in [0.25, 0.3) is 10.9 Å². The average molecular weight is 358 g/mol. The van der Waals surface area contributed by atoms with Crippen LogP contribution in [0.3, 0.4) is 0 Å². The van der Waals surface area contributed by atoms with E-state index in [1.165, 1.54) is 9.13 Å². The van der Waals surface area contributed by atoms with Gasteiger partial charge in [-0.2, -0.15) is 0 Å². The third-order valence-corrected chi connectivity index (χ3v) is 5.27. The first kappa shape index (κ1) is 18.4. The molecule has 0 radical (unpaired) electrons. The van der Waals surface area contributed by atoms with Crippen molar-refractivity contribution in [1.29, 1.82) is 0 Å². The molecule has 0 spiro atoms. The van der Waals surface area contributed by atoms with Crippen molar-refractivity contribution in [2.24, 2.45) is 0 Å². The summed E-state index contributed by atoms with van der Waals surface area (Å²) in [4.78, 5) is 42.6. The normalized spacial score (nSPS) is 16.8. The maximum absolute atomic E-state index is 13.0. The lowest BCUT2D eigenvalue weighted by molar-refractivity contribution is -0.136. The van der Waals surface area contributed by atoms with Crippen LogP contribution in [0.15, 0.2) is 33.9 Å². The summed E-state index contributed by atoms with van der Waals surface area (Å²) < 4.78 is 2.66. The Balaban J connectivity index is 2.03. The Kier molecular flexibility index (Phi) is 5.27. The molecule has 1 aliphatic heterocycles. The molecule has 0 saturated carbocycles. The number of benzene rings is 1. The zero-order chi connectivity index (χ0) is 18.8. The van der Waals surface area contributed by atoms with E-state index in [2.05, 4.69) is 11.8 Å². The molecule has 1 aromatic heterocycles. The molecule has 2 aromatic rings. The quantitative estimate of drug-likeness (QED) is 0.815. The number of carbonyl (C=O) groups is 1. The van der Waals surface area contributed by atoms with Gasteiger partial charge in [0.15, 0.2) is 0 Å². The number of piperazine rings is 1. The molecular formula is C19H26N4O3. The maximum Gasteiger partial charge on any atom is 0.332 e. The monoisotopic (exact) mass is 358 g/mol. The lowest BCUT2D eigenvalue weighted by atomic mass is 10.2. The lowest BCUT2D eigenvalue weighted by Gasteiger charge is -2.35. The van der Waals surface area contributed by atoms with Crippen molar-refractivity contribution in [1.82, 2.24) is 18.9 Å². The summed E-state index contributed by atoms with van der Waals surface area (Å²) in [6.45, 7) is 9.89. The standard InChI is InChI=1S/C19H26N4O3/c1-4-20-10-12-21(13-11-20)17(24)14(3)23-16-9-7-6-8-15(16)18(25)22(5-2)19(23)26/h6-9,14H,4-5,10-13H2,1-3H3. The summed E-state index contributed by atoms with van der Waals surface area (Å²) in [5.41, 5.74) is -0.218. The molecule has 1 aromatic carbocycles. The molecule has 1 fully saturated rings. The van der Waals surface area contributed by atoms with Crippen molar-refractivity contribution in [3.63, 3.8) is 0 Å². The van der Waals surface area contributed by atoms with Crippen LogP contribution >= 0.6 is 0 Å². The fourth-order valence-electron chi connectivity index (χ4n) is 3.64. The van der Waals surface area contributed by atoms with Gasteiger partial charge in [-0.05, 0) is 32.5 Å². The van der Waals surface area contributed by atoms with E-state index < -0.39 is 11.7 Å². The number of nitrogens with zero attached hydrogens (tertiary/aromatic N) is 4. The first-order valence-corrected chi connectivity index (χ1v) is 9.24. The van der Waals surface area contributed by atoms with Gasteiger partial charge in [0.2, 0.25) is 5.91 Å². The fourth-order valence-corrected chi connectivity index (χ4v) is 3.64. The largest absolute Gasteiger partial charge is 0.338 e. The van der Waals surface area contributed by atoms with Crippen LogP contribution in [0.1, 0.15) is 26.8 Å². The molecule has 7 nitrogen and oxygen atoms in total. The second-order valence-corrected chi connectivity index (χ2v) is 6.65. The molecule has 1 unspecified atom stereocenters. The molecule has 26 heavy (non-hydrogen) atoms. The van der Waals surface area contributed by atoms with Gasteiger partial charge in [-0.3, -0.25) is 18.7 Å². The molecule has 3 rings (SSSR count).